The van der Waals surface area contributed by atoms with Gasteiger partial charge in [-0.15, -0.1) is 6.58 Å². The Kier molecular flexibility index (Phi) is 4.09. The number of likely N-dealkylation sites (N-methyl/N-ethyl adjacent to an activating group) is 1. The number of rotatable bonds is 4. The summed E-state index contributed by atoms with van der Waals surface area (Å²) >= 11 is 0. The minimum absolute atomic E-state index is 0.467. The quantitative estimate of drug-likeness (QED) is 0.631. The Morgan fingerprint density at radius 2 is 2.50 bits per heavy atom. The third-order valence-electron chi connectivity index (χ3n) is 2.52. The van der Waals surface area contributed by atoms with Crippen LogP contribution in [-0.4, -0.2) is 13.1 Å². The first-order valence-corrected chi connectivity index (χ1v) is 4.84. The van der Waals surface area contributed by atoms with Gasteiger partial charge >= 0.3 is 0 Å². The van der Waals surface area contributed by atoms with Gasteiger partial charge in [0.2, 0.25) is 0 Å². The van der Waals surface area contributed by atoms with E-state index in [1.165, 1.54) is 25.7 Å². The lowest BCUT2D eigenvalue weighted by Gasteiger charge is -2.17. The van der Waals surface area contributed by atoms with E-state index in [2.05, 4.69) is 18.0 Å². The Hall–Kier alpha value is -0.560. The van der Waals surface area contributed by atoms with Crippen molar-refractivity contribution in [1.29, 1.82) is 0 Å². The van der Waals surface area contributed by atoms with Crippen LogP contribution in [0.2, 0.25) is 0 Å². The van der Waals surface area contributed by atoms with Crippen molar-refractivity contribution >= 4 is 0 Å². The van der Waals surface area contributed by atoms with Crippen LogP contribution in [0.3, 0.4) is 0 Å². The predicted molar refractivity (Wildman–Crippen MR) is 54.2 cm³/mol. The maximum Gasteiger partial charge on any atom is 0.0281 e. The van der Waals surface area contributed by atoms with Crippen molar-refractivity contribution < 1.29 is 0 Å². The second kappa shape index (κ2) is 5.15. The van der Waals surface area contributed by atoms with E-state index in [0.29, 0.717) is 6.04 Å². The summed E-state index contributed by atoms with van der Waals surface area (Å²) in [6.45, 7) is 3.81. The number of allylic oxidation sites excluding steroid dienone is 1. The Morgan fingerprint density at radius 3 is 3.00 bits per heavy atom. The van der Waals surface area contributed by atoms with Crippen molar-refractivity contribution in [2.24, 2.45) is 0 Å². The number of hydrogen-bond acceptors (Lipinski definition) is 1. The first-order valence-electron chi connectivity index (χ1n) is 4.84. The maximum atomic E-state index is 3.81. The zero-order valence-corrected chi connectivity index (χ0v) is 7.97. The topological polar surface area (TPSA) is 12.0 Å². The summed E-state index contributed by atoms with van der Waals surface area (Å²) in [5.41, 5.74) is 1.61. The molecule has 0 amide bonds. The Bertz CT molecular complexity index is 170. The second-order valence-electron chi connectivity index (χ2n) is 3.44. The predicted octanol–water partition coefficient (Wildman–Crippen LogP) is 2.65. The molecule has 0 saturated heterocycles. The molecule has 1 N–H and O–H groups in total. The number of hydrogen-bond donors (Lipinski definition) is 1. The highest BCUT2D eigenvalue weighted by Gasteiger charge is 2.07. The van der Waals surface area contributed by atoms with Gasteiger partial charge in [-0.2, -0.15) is 0 Å². The third-order valence-corrected chi connectivity index (χ3v) is 2.52. The van der Waals surface area contributed by atoms with Crippen LogP contribution in [-0.2, 0) is 0 Å². The monoisotopic (exact) mass is 165 g/mol. The van der Waals surface area contributed by atoms with Crippen molar-refractivity contribution in [3.05, 3.63) is 24.3 Å². The third kappa shape index (κ3) is 2.82. The molecule has 1 rings (SSSR count). The van der Waals surface area contributed by atoms with E-state index in [0.717, 1.165) is 6.42 Å². The Labute approximate surface area is 75.6 Å². The van der Waals surface area contributed by atoms with Crippen molar-refractivity contribution in [2.45, 2.75) is 38.1 Å². The molecule has 0 radical (unpaired) electrons. The molecule has 1 atom stereocenters. The molecule has 0 aromatic rings. The van der Waals surface area contributed by atoms with Gasteiger partial charge in [-0.1, -0.05) is 17.7 Å². The smallest absolute Gasteiger partial charge is 0.0281 e. The van der Waals surface area contributed by atoms with E-state index >= 15 is 0 Å². The van der Waals surface area contributed by atoms with Gasteiger partial charge in [0.15, 0.2) is 0 Å². The highest BCUT2D eigenvalue weighted by molar-refractivity contribution is 5.09. The highest BCUT2D eigenvalue weighted by Crippen LogP contribution is 2.21. The lowest BCUT2D eigenvalue weighted by molar-refractivity contribution is 0.609. The molecule has 68 valence electrons. The molecule has 12 heavy (non-hydrogen) atoms. The van der Waals surface area contributed by atoms with Crippen LogP contribution >= 0.6 is 0 Å². The average Bonchev–Trinajstić information content (AvgIpc) is 2.16. The van der Waals surface area contributed by atoms with Crippen LogP contribution in [0, 0.1) is 0 Å². The van der Waals surface area contributed by atoms with Gasteiger partial charge in [-0.3, -0.25) is 0 Å². The molecule has 1 aliphatic rings. The van der Waals surface area contributed by atoms with Gasteiger partial charge < -0.3 is 5.32 Å². The molecule has 1 aliphatic carbocycles. The number of nitrogens with one attached hydrogen (secondary N) is 1. The van der Waals surface area contributed by atoms with Crippen LogP contribution in [0.5, 0.6) is 0 Å². The molecule has 0 heterocycles. The van der Waals surface area contributed by atoms with Crippen LogP contribution in [0.4, 0.5) is 0 Å². The summed E-state index contributed by atoms with van der Waals surface area (Å²) in [5.74, 6) is 0. The largest absolute Gasteiger partial charge is 0.313 e. The Morgan fingerprint density at radius 1 is 1.67 bits per heavy atom. The highest BCUT2D eigenvalue weighted by atomic mass is 14.9. The van der Waals surface area contributed by atoms with Gasteiger partial charge in [0.25, 0.3) is 0 Å². The second-order valence-corrected chi connectivity index (χ2v) is 3.44. The fraction of sp³-hybridized carbons (Fsp3) is 0.636. The molecule has 0 spiro atoms. The van der Waals surface area contributed by atoms with Gasteiger partial charge in [-0.05, 0) is 39.2 Å². The van der Waals surface area contributed by atoms with Crippen LogP contribution in [0.1, 0.15) is 32.1 Å². The minimum atomic E-state index is 0.467. The van der Waals surface area contributed by atoms with E-state index in [4.69, 9.17) is 0 Å². The minimum Gasteiger partial charge on any atom is -0.313 e. The van der Waals surface area contributed by atoms with Gasteiger partial charge in [0, 0.05) is 6.04 Å². The van der Waals surface area contributed by atoms with E-state index in [9.17, 15) is 0 Å². The van der Waals surface area contributed by atoms with Crippen LogP contribution < -0.4 is 5.32 Å². The van der Waals surface area contributed by atoms with E-state index in [-0.39, 0.29) is 0 Å². The maximum absolute atomic E-state index is 3.81. The van der Waals surface area contributed by atoms with E-state index in [1.807, 2.05) is 13.1 Å². The first-order chi connectivity index (χ1) is 5.86. The summed E-state index contributed by atoms with van der Waals surface area (Å²) in [7, 11) is 2.00. The average molecular weight is 165 g/mol. The molecule has 0 saturated carbocycles. The molecular formula is C11H19N. The summed E-state index contributed by atoms with van der Waals surface area (Å²) < 4.78 is 0. The fourth-order valence-electron chi connectivity index (χ4n) is 1.68. The summed E-state index contributed by atoms with van der Waals surface area (Å²) in [6.07, 6.45) is 10.9. The van der Waals surface area contributed by atoms with Crippen molar-refractivity contribution in [1.82, 2.24) is 5.32 Å². The van der Waals surface area contributed by atoms with Crippen molar-refractivity contribution in [2.75, 3.05) is 7.05 Å². The van der Waals surface area contributed by atoms with E-state index in [1.54, 1.807) is 5.57 Å². The van der Waals surface area contributed by atoms with Gasteiger partial charge in [0.1, 0.15) is 0 Å². The van der Waals surface area contributed by atoms with E-state index < -0.39 is 0 Å². The Balaban J connectivity index is 2.37. The summed E-state index contributed by atoms with van der Waals surface area (Å²) in [4.78, 5) is 0. The molecule has 0 aliphatic heterocycles. The molecule has 0 bridgehead atoms. The zero-order valence-electron chi connectivity index (χ0n) is 7.97. The molecule has 1 unspecified atom stereocenters. The van der Waals surface area contributed by atoms with Crippen LogP contribution in [0.15, 0.2) is 24.3 Å². The first kappa shape index (κ1) is 9.53. The molecular weight excluding hydrogens is 146 g/mol. The molecule has 0 aromatic heterocycles. The van der Waals surface area contributed by atoms with Gasteiger partial charge in [-0.25, -0.2) is 0 Å². The normalized spacial score (nSPS) is 19.9. The standard InChI is InChI=1S/C11H19N/c1-3-11(12-2)9-10-7-5-4-6-8-10/h3,7,11-12H,1,4-6,8-9H2,2H3. The zero-order chi connectivity index (χ0) is 8.81. The van der Waals surface area contributed by atoms with Gasteiger partial charge in [0.05, 0.1) is 0 Å². The van der Waals surface area contributed by atoms with Crippen molar-refractivity contribution in [3.63, 3.8) is 0 Å². The molecule has 0 fully saturated rings. The summed E-state index contributed by atoms with van der Waals surface area (Å²) in [5, 5.41) is 3.24. The van der Waals surface area contributed by atoms with Crippen molar-refractivity contribution in [3.8, 4) is 0 Å². The lowest BCUT2D eigenvalue weighted by Crippen LogP contribution is -2.23. The van der Waals surface area contributed by atoms with Crippen LogP contribution in [0.25, 0.3) is 0 Å². The fourth-order valence-corrected chi connectivity index (χ4v) is 1.68. The lowest BCUT2D eigenvalue weighted by atomic mass is 9.94. The molecule has 1 nitrogen and oxygen atoms in total. The summed E-state index contributed by atoms with van der Waals surface area (Å²) in [6, 6.07) is 0.467. The SMILES string of the molecule is C=CC(CC1=CCCCC1)NC. The molecule has 0 aromatic carbocycles. The molecule has 1 heteroatoms.